The molecule has 160 valence electrons. The number of amides is 1. The maximum atomic E-state index is 13.5. The summed E-state index contributed by atoms with van der Waals surface area (Å²) in [6, 6.07) is 30.8. The summed E-state index contributed by atoms with van der Waals surface area (Å²) >= 11 is 0. The van der Waals surface area contributed by atoms with Gasteiger partial charge in [0.1, 0.15) is 5.82 Å². The molecule has 2 N–H and O–H groups in total. The van der Waals surface area contributed by atoms with Crippen molar-refractivity contribution in [1.29, 1.82) is 0 Å². The number of anilines is 1. The van der Waals surface area contributed by atoms with Crippen molar-refractivity contribution in [1.82, 2.24) is 10.3 Å². The lowest BCUT2D eigenvalue weighted by molar-refractivity contribution is 0.0936. The Hall–Kier alpha value is -4.18. The molecule has 1 aromatic heterocycles. The van der Waals surface area contributed by atoms with E-state index in [0.717, 1.165) is 27.7 Å². The second-order valence-corrected chi connectivity index (χ2v) is 8.53. The van der Waals surface area contributed by atoms with Crippen molar-refractivity contribution in [2.45, 2.75) is 19.0 Å². The number of benzene rings is 4. The van der Waals surface area contributed by atoms with E-state index in [1.165, 1.54) is 16.3 Å². The third-order valence-corrected chi connectivity index (χ3v) is 6.46. The molecule has 33 heavy (non-hydrogen) atoms. The first kappa shape index (κ1) is 19.5. The van der Waals surface area contributed by atoms with E-state index < -0.39 is 0 Å². The number of pyridine rings is 1. The zero-order valence-corrected chi connectivity index (χ0v) is 18.1. The standard InChI is InChI=1S/C29H23N3O/c33-29(23-15-22-13-14-30-28-27(22)24(16-23)18-31-28)32-26(20-8-2-1-3-9-20)17-21-11-6-10-19-7-4-5-12-25(19)21/h1-16,26H,17-18H2,(H,30,31)(H,32,33)/t26-/m0/s1. The van der Waals surface area contributed by atoms with E-state index in [4.69, 9.17) is 0 Å². The molecule has 1 aliphatic heterocycles. The van der Waals surface area contributed by atoms with Crippen LogP contribution in [0.2, 0.25) is 0 Å². The molecule has 0 spiro atoms. The highest BCUT2D eigenvalue weighted by Crippen LogP contribution is 2.32. The second-order valence-electron chi connectivity index (χ2n) is 8.53. The maximum absolute atomic E-state index is 13.5. The number of fused-ring (bicyclic) bond motifs is 1. The van der Waals surface area contributed by atoms with Gasteiger partial charge in [-0.05, 0) is 57.5 Å². The van der Waals surface area contributed by atoms with Crippen molar-refractivity contribution in [2.24, 2.45) is 0 Å². The van der Waals surface area contributed by atoms with E-state index in [2.05, 4.69) is 70.2 Å². The van der Waals surface area contributed by atoms with Crippen molar-refractivity contribution in [3.63, 3.8) is 0 Å². The van der Waals surface area contributed by atoms with Gasteiger partial charge >= 0.3 is 0 Å². The maximum Gasteiger partial charge on any atom is 0.251 e. The van der Waals surface area contributed by atoms with Gasteiger partial charge in [0.25, 0.3) is 5.91 Å². The van der Waals surface area contributed by atoms with Crippen LogP contribution in [0.4, 0.5) is 5.82 Å². The van der Waals surface area contributed by atoms with E-state index in [1.54, 1.807) is 6.20 Å². The smallest absolute Gasteiger partial charge is 0.251 e. The van der Waals surface area contributed by atoms with Crippen LogP contribution in [0.25, 0.3) is 21.5 Å². The van der Waals surface area contributed by atoms with Crippen LogP contribution in [0.15, 0.2) is 97.2 Å². The van der Waals surface area contributed by atoms with Crippen LogP contribution in [-0.4, -0.2) is 10.9 Å². The molecule has 0 radical (unpaired) electrons. The van der Waals surface area contributed by atoms with E-state index in [9.17, 15) is 4.79 Å². The van der Waals surface area contributed by atoms with Gasteiger partial charge in [-0.1, -0.05) is 72.8 Å². The topological polar surface area (TPSA) is 54.0 Å². The number of carbonyl (C=O) groups excluding carboxylic acids is 1. The van der Waals surface area contributed by atoms with Gasteiger partial charge in [-0.3, -0.25) is 4.79 Å². The molecule has 5 aromatic rings. The van der Waals surface area contributed by atoms with Crippen LogP contribution in [0.5, 0.6) is 0 Å². The monoisotopic (exact) mass is 429 g/mol. The first-order chi connectivity index (χ1) is 16.3. The van der Waals surface area contributed by atoms with E-state index >= 15 is 0 Å². The van der Waals surface area contributed by atoms with Crippen LogP contribution < -0.4 is 10.6 Å². The zero-order chi connectivity index (χ0) is 22.2. The molecule has 0 bridgehead atoms. The lowest BCUT2D eigenvalue weighted by atomic mass is 9.94. The number of nitrogens with one attached hydrogen (secondary N) is 2. The summed E-state index contributed by atoms with van der Waals surface area (Å²) in [7, 11) is 0. The molecule has 0 fully saturated rings. The SMILES string of the molecule is O=C(N[C@@H](Cc1cccc2ccccc12)c1ccccc1)c1cc2c3c(nccc3c1)NC2. The minimum Gasteiger partial charge on any atom is -0.365 e. The molecular weight excluding hydrogens is 406 g/mol. The fourth-order valence-electron chi connectivity index (χ4n) is 4.86. The average Bonchev–Trinajstić information content (AvgIpc) is 3.29. The predicted molar refractivity (Wildman–Crippen MR) is 133 cm³/mol. The summed E-state index contributed by atoms with van der Waals surface area (Å²) in [4.78, 5) is 17.9. The van der Waals surface area contributed by atoms with Gasteiger partial charge in [0.2, 0.25) is 0 Å². The van der Waals surface area contributed by atoms with Gasteiger partial charge in [0, 0.05) is 23.7 Å². The Bertz CT molecular complexity index is 1490. The summed E-state index contributed by atoms with van der Waals surface area (Å²) in [6.45, 7) is 0.697. The molecular formula is C29H23N3O. The number of rotatable bonds is 5. The first-order valence-electron chi connectivity index (χ1n) is 11.2. The predicted octanol–water partition coefficient (Wildman–Crippen LogP) is 6.03. The number of aromatic nitrogens is 1. The van der Waals surface area contributed by atoms with Crippen LogP contribution in [0.1, 0.15) is 33.1 Å². The van der Waals surface area contributed by atoms with Crippen molar-refractivity contribution in [3.8, 4) is 0 Å². The molecule has 1 amide bonds. The minimum atomic E-state index is -0.139. The molecule has 0 saturated carbocycles. The normalized spacial score (nSPS) is 13.1. The van der Waals surface area contributed by atoms with Crippen LogP contribution in [-0.2, 0) is 13.0 Å². The average molecular weight is 430 g/mol. The number of hydrogen-bond acceptors (Lipinski definition) is 3. The Morgan fingerprint density at radius 3 is 2.64 bits per heavy atom. The third-order valence-electron chi connectivity index (χ3n) is 6.46. The summed E-state index contributed by atoms with van der Waals surface area (Å²) in [6.07, 6.45) is 2.50. The number of hydrogen-bond donors (Lipinski definition) is 2. The van der Waals surface area contributed by atoms with Crippen LogP contribution >= 0.6 is 0 Å². The molecule has 1 atom stereocenters. The Labute approximate surface area is 192 Å². The molecule has 4 nitrogen and oxygen atoms in total. The van der Waals surface area contributed by atoms with E-state index in [0.29, 0.717) is 18.5 Å². The van der Waals surface area contributed by atoms with Crippen LogP contribution in [0, 0.1) is 0 Å². The second kappa shape index (κ2) is 8.06. The molecule has 2 heterocycles. The van der Waals surface area contributed by atoms with E-state index in [-0.39, 0.29) is 11.9 Å². The van der Waals surface area contributed by atoms with Gasteiger partial charge in [-0.15, -0.1) is 0 Å². The van der Waals surface area contributed by atoms with Gasteiger partial charge in [-0.25, -0.2) is 4.98 Å². The van der Waals surface area contributed by atoms with Gasteiger partial charge in [0.05, 0.1) is 6.04 Å². The summed E-state index contributed by atoms with van der Waals surface area (Å²) in [5.74, 6) is 0.833. The van der Waals surface area contributed by atoms with Crippen molar-refractivity contribution < 1.29 is 4.79 Å². The highest BCUT2D eigenvalue weighted by molar-refractivity contribution is 6.04. The van der Waals surface area contributed by atoms with Gasteiger partial charge < -0.3 is 10.6 Å². The molecule has 0 unspecified atom stereocenters. The lowest BCUT2D eigenvalue weighted by Crippen LogP contribution is -2.30. The highest BCUT2D eigenvalue weighted by atomic mass is 16.1. The van der Waals surface area contributed by atoms with Crippen molar-refractivity contribution >= 4 is 33.3 Å². The quantitative estimate of drug-likeness (QED) is 0.359. The zero-order valence-electron chi connectivity index (χ0n) is 18.1. The summed E-state index contributed by atoms with van der Waals surface area (Å²) in [5, 5.41) is 11.2. The fraction of sp³-hybridized carbons (Fsp3) is 0.103. The summed E-state index contributed by atoms with van der Waals surface area (Å²) in [5.41, 5.74) is 4.11. The Morgan fingerprint density at radius 2 is 1.73 bits per heavy atom. The highest BCUT2D eigenvalue weighted by Gasteiger charge is 2.21. The van der Waals surface area contributed by atoms with Crippen molar-refractivity contribution in [2.75, 3.05) is 5.32 Å². The molecule has 0 saturated heterocycles. The van der Waals surface area contributed by atoms with Gasteiger partial charge in [0.15, 0.2) is 0 Å². The van der Waals surface area contributed by atoms with Gasteiger partial charge in [-0.2, -0.15) is 0 Å². The Balaban J connectivity index is 1.36. The molecule has 6 rings (SSSR count). The molecule has 4 aromatic carbocycles. The van der Waals surface area contributed by atoms with Crippen LogP contribution in [0.3, 0.4) is 0 Å². The van der Waals surface area contributed by atoms with E-state index in [1.807, 2.05) is 36.4 Å². The fourth-order valence-corrected chi connectivity index (χ4v) is 4.86. The summed E-state index contributed by atoms with van der Waals surface area (Å²) < 4.78 is 0. The lowest BCUT2D eigenvalue weighted by Gasteiger charge is -2.21. The molecule has 4 heteroatoms. The molecule has 0 aliphatic carbocycles. The Morgan fingerprint density at radius 1 is 0.909 bits per heavy atom. The van der Waals surface area contributed by atoms with Crippen molar-refractivity contribution in [3.05, 3.63) is 119 Å². The largest absolute Gasteiger partial charge is 0.365 e. The first-order valence-corrected chi connectivity index (χ1v) is 11.2. The minimum absolute atomic E-state index is 0.0625. The third kappa shape index (κ3) is 3.60. The number of nitrogens with zero attached hydrogens (tertiary/aromatic N) is 1. The Kier molecular flexibility index (Phi) is 4.76. The molecule has 1 aliphatic rings. The number of carbonyl (C=O) groups is 1.